The molecule has 0 spiro atoms. The number of carbonyl (C=O) groups excluding carboxylic acids is 1. The van der Waals surface area contributed by atoms with Crippen LogP contribution >= 0.6 is 0 Å². The molecule has 28 heavy (non-hydrogen) atoms. The molecular formula is C17H11F3N6O2. The summed E-state index contributed by atoms with van der Waals surface area (Å²) in [6.07, 6.45) is -1.72. The fourth-order valence-electron chi connectivity index (χ4n) is 2.76. The number of pyridine rings is 3. The lowest BCUT2D eigenvalue weighted by atomic mass is 10.2. The van der Waals surface area contributed by atoms with Crippen LogP contribution in [0.2, 0.25) is 0 Å². The Morgan fingerprint density at radius 1 is 1.21 bits per heavy atom. The van der Waals surface area contributed by atoms with Gasteiger partial charge in [0.2, 0.25) is 0 Å². The highest BCUT2D eigenvalue weighted by Crippen LogP contribution is 2.31. The normalized spacial score (nSPS) is 11.8. The van der Waals surface area contributed by atoms with Gasteiger partial charge in [-0.25, -0.2) is 4.98 Å². The molecule has 0 atom stereocenters. The Bertz CT molecular complexity index is 1260. The Hall–Kier alpha value is -3.76. The maximum Gasteiger partial charge on any atom is 0.420 e. The van der Waals surface area contributed by atoms with Crippen LogP contribution in [-0.4, -0.2) is 30.5 Å². The van der Waals surface area contributed by atoms with Gasteiger partial charge in [-0.05, 0) is 30.3 Å². The van der Waals surface area contributed by atoms with Crippen molar-refractivity contribution >= 4 is 22.6 Å². The Labute approximate surface area is 154 Å². The summed E-state index contributed by atoms with van der Waals surface area (Å²) in [5.41, 5.74) is -1.74. The summed E-state index contributed by atoms with van der Waals surface area (Å²) in [4.78, 5) is 31.0. The number of nitrogens with one attached hydrogen (secondary N) is 2. The zero-order chi connectivity index (χ0) is 19.9. The van der Waals surface area contributed by atoms with Gasteiger partial charge in [-0.1, -0.05) is 0 Å². The molecule has 4 rings (SSSR count). The van der Waals surface area contributed by atoms with E-state index in [1.54, 1.807) is 12.1 Å². The summed E-state index contributed by atoms with van der Waals surface area (Å²) in [7, 11) is 0. The number of carbonyl (C=O) groups is 1. The van der Waals surface area contributed by atoms with Gasteiger partial charge in [0.25, 0.3) is 11.5 Å². The second kappa shape index (κ2) is 6.44. The quantitative estimate of drug-likeness (QED) is 0.558. The van der Waals surface area contributed by atoms with Crippen LogP contribution in [0.4, 0.5) is 13.2 Å². The van der Waals surface area contributed by atoms with Crippen LogP contribution in [0.5, 0.6) is 0 Å². The first-order chi connectivity index (χ1) is 13.3. The van der Waals surface area contributed by atoms with Crippen molar-refractivity contribution in [3.8, 4) is 0 Å². The summed E-state index contributed by atoms with van der Waals surface area (Å²) in [5, 5.41) is 10.3. The minimum Gasteiger partial charge on any atom is -0.345 e. The third kappa shape index (κ3) is 3.06. The number of H-pyrrole nitrogens is 1. The molecule has 4 heterocycles. The van der Waals surface area contributed by atoms with Crippen LogP contribution in [0.1, 0.15) is 21.7 Å². The molecule has 0 saturated carbocycles. The molecule has 11 heteroatoms. The average molecular weight is 388 g/mol. The van der Waals surface area contributed by atoms with Gasteiger partial charge >= 0.3 is 6.18 Å². The fourth-order valence-corrected chi connectivity index (χ4v) is 2.76. The summed E-state index contributed by atoms with van der Waals surface area (Å²) in [6, 6.07) is 6.84. The molecule has 2 N–H and O–H groups in total. The number of aromatic amines is 1. The van der Waals surface area contributed by atoms with E-state index in [1.807, 2.05) is 0 Å². The summed E-state index contributed by atoms with van der Waals surface area (Å²) in [6.45, 7) is -0.216. The molecule has 4 aromatic rings. The molecule has 142 valence electrons. The van der Waals surface area contributed by atoms with Crippen molar-refractivity contribution in [2.24, 2.45) is 0 Å². The Morgan fingerprint density at radius 2 is 2.04 bits per heavy atom. The fraction of sp³-hybridized carbons (Fsp3) is 0.118. The van der Waals surface area contributed by atoms with Crippen LogP contribution in [0.3, 0.4) is 0 Å². The van der Waals surface area contributed by atoms with Crippen molar-refractivity contribution in [2.45, 2.75) is 12.7 Å². The highest BCUT2D eigenvalue weighted by atomic mass is 19.4. The minimum atomic E-state index is -4.58. The van der Waals surface area contributed by atoms with Crippen LogP contribution in [0.25, 0.3) is 16.7 Å². The van der Waals surface area contributed by atoms with E-state index >= 15 is 0 Å². The number of fused-ring (bicyclic) bond motifs is 2. The first-order valence-electron chi connectivity index (χ1n) is 8.00. The predicted octanol–water partition coefficient (Wildman–Crippen LogP) is 1.91. The predicted molar refractivity (Wildman–Crippen MR) is 91.5 cm³/mol. The zero-order valence-corrected chi connectivity index (χ0v) is 14.0. The van der Waals surface area contributed by atoms with Crippen molar-refractivity contribution in [1.29, 1.82) is 0 Å². The number of rotatable bonds is 3. The molecule has 0 aromatic carbocycles. The monoisotopic (exact) mass is 388 g/mol. The van der Waals surface area contributed by atoms with Gasteiger partial charge in [-0.15, -0.1) is 10.2 Å². The van der Waals surface area contributed by atoms with Crippen LogP contribution in [-0.2, 0) is 12.7 Å². The summed E-state index contributed by atoms with van der Waals surface area (Å²) in [5.74, 6) is -0.607. The number of halogens is 3. The average Bonchev–Trinajstić information content (AvgIpc) is 3.07. The third-order valence-electron chi connectivity index (χ3n) is 4.08. The summed E-state index contributed by atoms with van der Waals surface area (Å²) >= 11 is 0. The number of nitrogens with zero attached hydrogens (tertiary/aromatic N) is 4. The molecule has 1 amide bonds. The second-order valence-corrected chi connectivity index (χ2v) is 5.87. The number of aromatic nitrogens is 5. The SMILES string of the molecule is O=C(NCc1nnc2c(C(F)(F)F)cccn12)c1cc2cccnc2[nH]c1=O. The summed E-state index contributed by atoms with van der Waals surface area (Å²) < 4.78 is 40.3. The lowest BCUT2D eigenvalue weighted by Crippen LogP contribution is -2.29. The van der Waals surface area contributed by atoms with E-state index in [0.717, 1.165) is 10.5 Å². The van der Waals surface area contributed by atoms with Crippen LogP contribution in [0, 0.1) is 0 Å². The molecule has 0 fully saturated rings. The zero-order valence-electron chi connectivity index (χ0n) is 14.0. The van der Waals surface area contributed by atoms with Crippen molar-refractivity contribution in [3.63, 3.8) is 0 Å². The topological polar surface area (TPSA) is 105 Å². The van der Waals surface area contributed by atoms with E-state index in [9.17, 15) is 22.8 Å². The lowest BCUT2D eigenvalue weighted by Gasteiger charge is -2.08. The minimum absolute atomic E-state index is 0.0911. The van der Waals surface area contributed by atoms with Gasteiger partial charge in [-0.2, -0.15) is 13.2 Å². The molecule has 8 nitrogen and oxygen atoms in total. The standard InChI is InChI=1S/C17H11F3N6O2/c18-17(19,20)11-4-2-6-26-12(24-25-14(11)26)8-22-15(27)10-7-9-3-1-5-21-13(9)23-16(10)28/h1-7H,8H2,(H,22,27)(H,21,23,28). The van der Waals surface area contributed by atoms with Gasteiger partial charge in [0.1, 0.15) is 16.8 Å². The Kier molecular flexibility index (Phi) is 4.06. The molecule has 0 aliphatic carbocycles. The van der Waals surface area contributed by atoms with E-state index in [2.05, 4.69) is 25.5 Å². The smallest absolute Gasteiger partial charge is 0.345 e. The number of alkyl halides is 3. The van der Waals surface area contributed by atoms with E-state index in [0.29, 0.717) is 11.0 Å². The number of amides is 1. The van der Waals surface area contributed by atoms with Crippen LogP contribution < -0.4 is 10.9 Å². The maximum atomic E-state index is 13.0. The van der Waals surface area contributed by atoms with Gasteiger partial charge in [-0.3, -0.25) is 14.0 Å². The molecule has 4 aromatic heterocycles. The molecular weight excluding hydrogens is 377 g/mol. The molecule has 0 bridgehead atoms. The lowest BCUT2D eigenvalue weighted by molar-refractivity contribution is -0.136. The van der Waals surface area contributed by atoms with Crippen molar-refractivity contribution in [1.82, 2.24) is 29.9 Å². The Morgan fingerprint density at radius 3 is 2.82 bits per heavy atom. The highest BCUT2D eigenvalue weighted by Gasteiger charge is 2.34. The van der Waals surface area contributed by atoms with Gasteiger partial charge in [0.05, 0.1) is 6.54 Å². The molecule has 0 aliphatic rings. The van der Waals surface area contributed by atoms with E-state index in [1.165, 1.54) is 24.5 Å². The van der Waals surface area contributed by atoms with Gasteiger partial charge < -0.3 is 10.3 Å². The maximum absolute atomic E-state index is 13.0. The molecule has 0 aliphatic heterocycles. The van der Waals surface area contributed by atoms with Gasteiger partial charge in [0, 0.05) is 17.8 Å². The van der Waals surface area contributed by atoms with E-state index < -0.39 is 23.2 Å². The second-order valence-electron chi connectivity index (χ2n) is 5.87. The van der Waals surface area contributed by atoms with E-state index in [-0.39, 0.29) is 23.6 Å². The first kappa shape index (κ1) is 17.6. The number of hydrogen-bond donors (Lipinski definition) is 2. The van der Waals surface area contributed by atoms with E-state index in [4.69, 9.17) is 0 Å². The van der Waals surface area contributed by atoms with Crippen molar-refractivity contribution in [2.75, 3.05) is 0 Å². The molecule has 0 saturated heterocycles. The van der Waals surface area contributed by atoms with Gasteiger partial charge in [0.15, 0.2) is 11.5 Å². The molecule has 0 unspecified atom stereocenters. The van der Waals surface area contributed by atoms with Crippen LogP contribution in [0.15, 0.2) is 47.5 Å². The largest absolute Gasteiger partial charge is 0.420 e. The molecule has 0 radical (unpaired) electrons. The Balaban J connectivity index is 1.61. The first-order valence-corrected chi connectivity index (χ1v) is 8.00. The van der Waals surface area contributed by atoms with Crippen molar-refractivity contribution < 1.29 is 18.0 Å². The van der Waals surface area contributed by atoms with Crippen molar-refractivity contribution in [3.05, 3.63) is 70.0 Å². The third-order valence-corrected chi connectivity index (χ3v) is 4.08. The highest BCUT2D eigenvalue weighted by molar-refractivity contribution is 5.96. The number of hydrogen-bond acceptors (Lipinski definition) is 5.